The Hall–Kier alpha value is -2.44. The van der Waals surface area contributed by atoms with Crippen molar-refractivity contribution in [2.45, 2.75) is 13.3 Å². The third-order valence-corrected chi connectivity index (χ3v) is 5.59. The molecule has 1 N–H and O–H groups in total. The topological polar surface area (TPSA) is 62.3 Å². The van der Waals surface area contributed by atoms with Gasteiger partial charge in [-0.3, -0.25) is 9.59 Å². The minimum Gasteiger partial charge on any atom is -0.312 e. The summed E-state index contributed by atoms with van der Waals surface area (Å²) in [5, 5.41) is 4.04. The van der Waals surface area contributed by atoms with Crippen LogP contribution < -0.4 is 10.2 Å². The molecule has 1 saturated heterocycles. The van der Waals surface area contributed by atoms with E-state index in [9.17, 15) is 9.59 Å². The van der Waals surface area contributed by atoms with Crippen LogP contribution in [0.25, 0.3) is 10.2 Å². The first kappa shape index (κ1) is 17.0. The summed E-state index contributed by atoms with van der Waals surface area (Å²) in [6.45, 7) is 2.38. The lowest BCUT2D eigenvalue weighted by molar-refractivity contribution is -0.122. The van der Waals surface area contributed by atoms with Crippen LogP contribution in [-0.2, 0) is 9.59 Å². The van der Waals surface area contributed by atoms with E-state index in [0.29, 0.717) is 16.7 Å². The number of carbonyl (C=O) groups is 2. The summed E-state index contributed by atoms with van der Waals surface area (Å²) in [4.78, 5) is 31.0. The van der Waals surface area contributed by atoms with Crippen LogP contribution in [0.15, 0.2) is 42.5 Å². The SMILES string of the molecule is Cc1ccc2nc(NC(=O)[C@@H]3CC(=O)N(c4ccc(Cl)cc4)C3)sc2c1. The molecular formula is C19H16ClN3O2S. The van der Waals surface area contributed by atoms with Crippen LogP contribution in [0, 0.1) is 12.8 Å². The molecule has 0 saturated carbocycles. The van der Waals surface area contributed by atoms with Crippen LogP contribution in [0.2, 0.25) is 5.02 Å². The minimum absolute atomic E-state index is 0.0626. The van der Waals surface area contributed by atoms with E-state index in [-0.39, 0.29) is 18.2 Å². The molecular weight excluding hydrogens is 370 g/mol. The summed E-state index contributed by atoms with van der Waals surface area (Å²) < 4.78 is 1.03. The zero-order chi connectivity index (χ0) is 18.3. The van der Waals surface area contributed by atoms with Crippen LogP contribution in [0.5, 0.6) is 0 Å². The molecule has 2 heterocycles. The van der Waals surface area contributed by atoms with Crippen LogP contribution in [0.3, 0.4) is 0 Å². The molecule has 5 nitrogen and oxygen atoms in total. The summed E-state index contributed by atoms with van der Waals surface area (Å²) >= 11 is 7.34. The molecule has 132 valence electrons. The highest BCUT2D eigenvalue weighted by Gasteiger charge is 2.35. The monoisotopic (exact) mass is 385 g/mol. The van der Waals surface area contributed by atoms with Crippen molar-refractivity contribution < 1.29 is 9.59 Å². The lowest BCUT2D eigenvalue weighted by Gasteiger charge is -2.16. The Morgan fingerprint density at radius 1 is 1.27 bits per heavy atom. The average Bonchev–Trinajstić information content (AvgIpc) is 3.18. The molecule has 1 fully saturated rings. The normalized spacial score (nSPS) is 17.1. The summed E-state index contributed by atoms with van der Waals surface area (Å²) in [6, 6.07) is 13.0. The molecule has 0 aliphatic carbocycles. The number of rotatable bonds is 3. The minimum atomic E-state index is -0.396. The largest absolute Gasteiger partial charge is 0.312 e. The fraction of sp³-hybridized carbons (Fsp3) is 0.211. The molecule has 1 aliphatic rings. The van der Waals surface area contributed by atoms with Gasteiger partial charge in [-0.2, -0.15) is 0 Å². The van der Waals surface area contributed by atoms with Crippen molar-refractivity contribution in [3.63, 3.8) is 0 Å². The number of thiazole rings is 1. The van der Waals surface area contributed by atoms with E-state index < -0.39 is 5.92 Å². The Morgan fingerprint density at radius 2 is 2.04 bits per heavy atom. The van der Waals surface area contributed by atoms with E-state index in [4.69, 9.17) is 11.6 Å². The number of aromatic nitrogens is 1. The molecule has 2 aromatic carbocycles. The first-order valence-electron chi connectivity index (χ1n) is 8.23. The maximum atomic E-state index is 12.6. The number of carbonyl (C=O) groups excluding carboxylic acids is 2. The van der Waals surface area contributed by atoms with Crippen molar-refractivity contribution >= 4 is 55.8 Å². The average molecular weight is 386 g/mol. The van der Waals surface area contributed by atoms with Crippen LogP contribution >= 0.6 is 22.9 Å². The highest BCUT2D eigenvalue weighted by atomic mass is 35.5. The van der Waals surface area contributed by atoms with Gasteiger partial charge in [-0.25, -0.2) is 4.98 Å². The van der Waals surface area contributed by atoms with Crippen molar-refractivity contribution in [2.75, 3.05) is 16.8 Å². The number of anilines is 2. The highest BCUT2D eigenvalue weighted by Crippen LogP contribution is 2.30. The van der Waals surface area contributed by atoms with Crippen molar-refractivity contribution in [1.29, 1.82) is 0 Å². The number of fused-ring (bicyclic) bond motifs is 1. The zero-order valence-corrected chi connectivity index (χ0v) is 15.6. The van der Waals surface area contributed by atoms with Gasteiger partial charge in [0.05, 0.1) is 16.1 Å². The summed E-state index contributed by atoms with van der Waals surface area (Å²) in [5.41, 5.74) is 2.77. The number of hydrogen-bond donors (Lipinski definition) is 1. The lowest BCUT2D eigenvalue weighted by atomic mass is 10.1. The Morgan fingerprint density at radius 3 is 2.81 bits per heavy atom. The van der Waals surface area contributed by atoms with E-state index in [1.807, 2.05) is 25.1 Å². The molecule has 0 radical (unpaired) electrons. The standard InChI is InChI=1S/C19H16ClN3O2S/c1-11-2-7-15-16(8-11)26-19(21-15)22-18(25)12-9-17(24)23(10-12)14-5-3-13(20)4-6-14/h2-8,12H,9-10H2,1H3,(H,21,22,25)/t12-/m1/s1. The molecule has 0 unspecified atom stereocenters. The van der Waals surface area contributed by atoms with E-state index in [1.54, 1.807) is 29.2 Å². The molecule has 0 bridgehead atoms. The first-order chi connectivity index (χ1) is 12.5. The van der Waals surface area contributed by atoms with Gasteiger partial charge in [0.2, 0.25) is 11.8 Å². The van der Waals surface area contributed by atoms with Gasteiger partial charge in [0.15, 0.2) is 5.13 Å². The molecule has 0 spiro atoms. The van der Waals surface area contributed by atoms with E-state index in [0.717, 1.165) is 21.5 Å². The third kappa shape index (κ3) is 3.30. The number of aryl methyl sites for hydroxylation is 1. The maximum Gasteiger partial charge on any atom is 0.231 e. The number of amides is 2. The van der Waals surface area contributed by atoms with E-state index in [1.165, 1.54) is 11.3 Å². The van der Waals surface area contributed by atoms with Gasteiger partial charge in [0, 0.05) is 23.7 Å². The predicted molar refractivity (Wildman–Crippen MR) is 105 cm³/mol. The second-order valence-corrected chi connectivity index (χ2v) is 7.83. The highest BCUT2D eigenvalue weighted by molar-refractivity contribution is 7.22. The van der Waals surface area contributed by atoms with Crippen LogP contribution in [-0.4, -0.2) is 23.3 Å². The summed E-state index contributed by atoms with van der Waals surface area (Å²) in [6.07, 6.45) is 0.193. The Bertz CT molecular complexity index is 1000. The molecule has 1 aromatic heterocycles. The number of benzene rings is 2. The number of halogens is 1. The second-order valence-electron chi connectivity index (χ2n) is 6.36. The molecule has 3 aromatic rings. The second kappa shape index (κ2) is 6.70. The zero-order valence-electron chi connectivity index (χ0n) is 14.0. The molecule has 1 atom stereocenters. The van der Waals surface area contributed by atoms with Gasteiger partial charge < -0.3 is 10.2 Å². The molecule has 26 heavy (non-hydrogen) atoms. The molecule has 1 aliphatic heterocycles. The fourth-order valence-electron chi connectivity index (χ4n) is 3.05. The Balaban J connectivity index is 1.48. The molecule has 4 rings (SSSR count). The molecule has 7 heteroatoms. The van der Waals surface area contributed by atoms with Crippen molar-refractivity contribution in [3.05, 3.63) is 53.1 Å². The Kier molecular flexibility index (Phi) is 4.38. The van der Waals surface area contributed by atoms with Gasteiger partial charge in [0.1, 0.15) is 0 Å². The van der Waals surface area contributed by atoms with Crippen molar-refractivity contribution in [1.82, 2.24) is 4.98 Å². The fourth-order valence-corrected chi connectivity index (χ4v) is 4.14. The lowest BCUT2D eigenvalue weighted by Crippen LogP contribution is -2.28. The van der Waals surface area contributed by atoms with Gasteiger partial charge in [-0.1, -0.05) is 29.0 Å². The van der Waals surface area contributed by atoms with Gasteiger partial charge in [-0.05, 0) is 48.9 Å². The quantitative estimate of drug-likeness (QED) is 0.733. The van der Waals surface area contributed by atoms with Crippen molar-refractivity contribution in [3.8, 4) is 0 Å². The van der Waals surface area contributed by atoms with Gasteiger partial charge in [0.25, 0.3) is 0 Å². The smallest absolute Gasteiger partial charge is 0.231 e. The van der Waals surface area contributed by atoms with E-state index in [2.05, 4.69) is 10.3 Å². The third-order valence-electron chi connectivity index (χ3n) is 4.41. The van der Waals surface area contributed by atoms with Crippen molar-refractivity contribution in [2.24, 2.45) is 5.92 Å². The summed E-state index contributed by atoms with van der Waals surface area (Å²) in [5.74, 6) is -0.634. The van der Waals surface area contributed by atoms with Crippen LogP contribution in [0.1, 0.15) is 12.0 Å². The molecule has 2 amide bonds. The maximum absolute atomic E-state index is 12.6. The number of nitrogens with zero attached hydrogens (tertiary/aromatic N) is 2. The van der Waals surface area contributed by atoms with Crippen LogP contribution in [0.4, 0.5) is 10.8 Å². The number of nitrogens with one attached hydrogen (secondary N) is 1. The summed E-state index contributed by atoms with van der Waals surface area (Å²) in [7, 11) is 0. The first-order valence-corrected chi connectivity index (χ1v) is 9.43. The Labute approximate surface area is 159 Å². The van der Waals surface area contributed by atoms with Gasteiger partial charge >= 0.3 is 0 Å². The number of hydrogen-bond acceptors (Lipinski definition) is 4. The predicted octanol–water partition coefficient (Wildman–Crippen LogP) is 4.25. The van der Waals surface area contributed by atoms with Gasteiger partial charge in [-0.15, -0.1) is 0 Å². The van der Waals surface area contributed by atoms with E-state index >= 15 is 0 Å².